The average molecular weight is 305 g/mol. The van der Waals surface area contributed by atoms with E-state index in [4.69, 9.17) is 0 Å². The van der Waals surface area contributed by atoms with Crippen LogP contribution in [-0.4, -0.2) is 52.0 Å². The molecular weight excluding hydrogens is 278 g/mol. The number of nitrogens with one attached hydrogen (secondary N) is 1. The Morgan fingerprint density at radius 2 is 2.05 bits per heavy atom. The van der Waals surface area contributed by atoms with E-state index in [9.17, 15) is 4.79 Å². The van der Waals surface area contributed by atoms with Crippen LogP contribution in [0.3, 0.4) is 0 Å². The SMILES string of the molecule is CC1(C)CCCN(C(=O)c2cn(C3CCNCC3)nn2)CC1. The first-order valence-electron chi connectivity index (χ1n) is 8.47. The Hall–Kier alpha value is -1.43. The van der Waals surface area contributed by atoms with E-state index in [0.29, 0.717) is 17.2 Å². The maximum absolute atomic E-state index is 12.7. The van der Waals surface area contributed by atoms with E-state index in [1.165, 1.54) is 6.42 Å². The highest BCUT2D eigenvalue weighted by Crippen LogP contribution is 2.30. The van der Waals surface area contributed by atoms with Crippen LogP contribution in [0.5, 0.6) is 0 Å². The van der Waals surface area contributed by atoms with Gasteiger partial charge in [0.1, 0.15) is 0 Å². The van der Waals surface area contributed by atoms with Crippen molar-refractivity contribution in [2.24, 2.45) is 5.41 Å². The molecule has 2 fully saturated rings. The molecule has 2 aliphatic heterocycles. The third-order valence-corrected chi connectivity index (χ3v) is 5.04. The quantitative estimate of drug-likeness (QED) is 0.906. The number of carbonyl (C=O) groups is 1. The zero-order valence-corrected chi connectivity index (χ0v) is 13.7. The molecule has 0 saturated carbocycles. The van der Waals surface area contributed by atoms with Crippen LogP contribution in [0.1, 0.15) is 62.5 Å². The second kappa shape index (κ2) is 6.36. The van der Waals surface area contributed by atoms with Crippen LogP contribution in [0, 0.1) is 5.41 Å². The molecule has 0 aromatic carbocycles. The maximum atomic E-state index is 12.7. The molecule has 3 heterocycles. The Kier molecular flexibility index (Phi) is 4.47. The number of piperidine rings is 1. The van der Waals surface area contributed by atoms with Crippen molar-refractivity contribution in [1.82, 2.24) is 25.2 Å². The Morgan fingerprint density at radius 1 is 1.27 bits per heavy atom. The number of hydrogen-bond acceptors (Lipinski definition) is 4. The number of amides is 1. The van der Waals surface area contributed by atoms with Gasteiger partial charge in [-0.1, -0.05) is 19.1 Å². The Balaban J connectivity index is 1.66. The van der Waals surface area contributed by atoms with E-state index < -0.39 is 0 Å². The fourth-order valence-corrected chi connectivity index (χ4v) is 3.41. The van der Waals surface area contributed by atoms with Gasteiger partial charge in [-0.25, -0.2) is 4.68 Å². The normalized spacial score (nSPS) is 23.3. The minimum absolute atomic E-state index is 0.0397. The van der Waals surface area contributed by atoms with Crippen LogP contribution in [-0.2, 0) is 0 Å². The van der Waals surface area contributed by atoms with E-state index in [1.54, 1.807) is 0 Å². The maximum Gasteiger partial charge on any atom is 0.276 e. The summed E-state index contributed by atoms with van der Waals surface area (Å²) in [5.74, 6) is 0.0397. The smallest absolute Gasteiger partial charge is 0.276 e. The zero-order valence-electron chi connectivity index (χ0n) is 13.7. The molecular formula is C16H27N5O. The third-order valence-electron chi connectivity index (χ3n) is 5.04. The monoisotopic (exact) mass is 305 g/mol. The lowest BCUT2D eigenvalue weighted by atomic mass is 9.85. The second-order valence-electron chi connectivity index (χ2n) is 7.37. The van der Waals surface area contributed by atoms with Crippen molar-refractivity contribution in [2.45, 2.75) is 52.0 Å². The summed E-state index contributed by atoms with van der Waals surface area (Å²) in [6, 6.07) is 0.373. The molecule has 1 N–H and O–H groups in total. The molecule has 1 aromatic heterocycles. The van der Waals surface area contributed by atoms with Crippen LogP contribution >= 0.6 is 0 Å². The number of nitrogens with zero attached hydrogens (tertiary/aromatic N) is 4. The van der Waals surface area contributed by atoms with Gasteiger partial charge in [0.15, 0.2) is 5.69 Å². The highest BCUT2D eigenvalue weighted by Gasteiger charge is 2.27. The van der Waals surface area contributed by atoms with E-state index in [1.807, 2.05) is 15.8 Å². The highest BCUT2D eigenvalue weighted by molar-refractivity contribution is 5.91. The summed E-state index contributed by atoms with van der Waals surface area (Å²) in [6.07, 6.45) is 7.25. The molecule has 6 nitrogen and oxygen atoms in total. The molecule has 1 aromatic rings. The van der Waals surface area contributed by atoms with Crippen molar-refractivity contribution in [3.8, 4) is 0 Å². The summed E-state index contributed by atoms with van der Waals surface area (Å²) >= 11 is 0. The van der Waals surface area contributed by atoms with Gasteiger partial charge in [-0.05, 0) is 50.6 Å². The minimum Gasteiger partial charge on any atom is -0.337 e. The summed E-state index contributed by atoms with van der Waals surface area (Å²) < 4.78 is 1.88. The molecule has 2 saturated heterocycles. The molecule has 22 heavy (non-hydrogen) atoms. The Bertz CT molecular complexity index is 518. The lowest BCUT2D eigenvalue weighted by Gasteiger charge is -2.23. The van der Waals surface area contributed by atoms with Crippen LogP contribution in [0.4, 0.5) is 0 Å². The molecule has 0 aliphatic carbocycles. The number of carbonyl (C=O) groups excluding carboxylic acids is 1. The van der Waals surface area contributed by atoms with E-state index in [-0.39, 0.29) is 5.91 Å². The van der Waals surface area contributed by atoms with Crippen LogP contribution < -0.4 is 5.32 Å². The molecule has 6 heteroatoms. The number of hydrogen-bond donors (Lipinski definition) is 1. The molecule has 0 spiro atoms. The van der Waals surface area contributed by atoms with Gasteiger partial charge in [-0.3, -0.25) is 4.79 Å². The number of likely N-dealkylation sites (tertiary alicyclic amines) is 1. The second-order valence-corrected chi connectivity index (χ2v) is 7.37. The van der Waals surface area contributed by atoms with E-state index in [2.05, 4.69) is 29.5 Å². The molecule has 122 valence electrons. The summed E-state index contributed by atoms with van der Waals surface area (Å²) in [6.45, 7) is 8.25. The largest absolute Gasteiger partial charge is 0.337 e. The predicted octanol–water partition coefficient (Wildman–Crippen LogP) is 1.85. The summed E-state index contributed by atoms with van der Waals surface area (Å²) in [4.78, 5) is 14.6. The molecule has 0 unspecified atom stereocenters. The van der Waals surface area contributed by atoms with Gasteiger partial charge in [0, 0.05) is 13.1 Å². The fraction of sp³-hybridized carbons (Fsp3) is 0.812. The molecule has 1 amide bonds. The van der Waals surface area contributed by atoms with Crippen LogP contribution in [0.2, 0.25) is 0 Å². The molecule has 0 radical (unpaired) electrons. The van der Waals surface area contributed by atoms with Gasteiger partial charge >= 0.3 is 0 Å². The van der Waals surface area contributed by atoms with Crippen molar-refractivity contribution >= 4 is 5.91 Å². The molecule has 2 aliphatic rings. The lowest BCUT2D eigenvalue weighted by Crippen LogP contribution is -2.32. The highest BCUT2D eigenvalue weighted by atomic mass is 16.2. The average Bonchev–Trinajstić information content (AvgIpc) is 2.93. The lowest BCUT2D eigenvalue weighted by molar-refractivity contribution is 0.0751. The van der Waals surface area contributed by atoms with Crippen LogP contribution in [0.15, 0.2) is 6.20 Å². The van der Waals surface area contributed by atoms with Gasteiger partial charge in [0.2, 0.25) is 0 Å². The number of rotatable bonds is 2. The summed E-state index contributed by atoms with van der Waals surface area (Å²) in [5.41, 5.74) is 0.833. The molecule has 3 rings (SSSR count). The predicted molar refractivity (Wildman–Crippen MR) is 84.7 cm³/mol. The topological polar surface area (TPSA) is 63.1 Å². The third kappa shape index (κ3) is 3.48. The van der Waals surface area contributed by atoms with E-state index in [0.717, 1.165) is 51.9 Å². The van der Waals surface area contributed by atoms with Crippen LogP contribution in [0.25, 0.3) is 0 Å². The first kappa shape index (κ1) is 15.5. The molecule has 0 atom stereocenters. The molecule has 0 bridgehead atoms. The first-order chi connectivity index (χ1) is 10.6. The first-order valence-corrected chi connectivity index (χ1v) is 8.47. The van der Waals surface area contributed by atoms with E-state index >= 15 is 0 Å². The van der Waals surface area contributed by atoms with Gasteiger partial charge in [-0.2, -0.15) is 0 Å². The summed E-state index contributed by atoms with van der Waals surface area (Å²) in [7, 11) is 0. The van der Waals surface area contributed by atoms with Crippen molar-refractivity contribution in [1.29, 1.82) is 0 Å². The van der Waals surface area contributed by atoms with Gasteiger partial charge < -0.3 is 10.2 Å². The fourth-order valence-electron chi connectivity index (χ4n) is 3.41. The Labute approximate surface area is 132 Å². The van der Waals surface area contributed by atoms with Crippen molar-refractivity contribution in [2.75, 3.05) is 26.2 Å². The summed E-state index contributed by atoms with van der Waals surface area (Å²) in [5, 5.41) is 11.7. The van der Waals surface area contributed by atoms with Crippen molar-refractivity contribution in [3.63, 3.8) is 0 Å². The van der Waals surface area contributed by atoms with Gasteiger partial charge in [-0.15, -0.1) is 5.10 Å². The standard InChI is InChI=1S/C16H27N5O/c1-16(2)6-3-10-20(11-7-16)15(22)14-12-21(19-18-14)13-4-8-17-9-5-13/h12-13,17H,3-11H2,1-2H3. The van der Waals surface area contributed by atoms with Gasteiger partial charge in [0.25, 0.3) is 5.91 Å². The number of aromatic nitrogens is 3. The minimum atomic E-state index is 0.0397. The van der Waals surface area contributed by atoms with Crippen molar-refractivity contribution in [3.05, 3.63) is 11.9 Å². The Morgan fingerprint density at radius 3 is 2.82 bits per heavy atom. The van der Waals surface area contributed by atoms with Gasteiger partial charge in [0.05, 0.1) is 12.2 Å². The van der Waals surface area contributed by atoms with Crippen molar-refractivity contribution < 1.29 is 4.79 Å². The zero-order chi connectivity index (χ0) is 15.6.